The molecule has 0 aromatic heterocycles. The van der Waals surface area contributed by atoms with Crippen LogP contribution in [0.5, 0.6) is 0 Å². The minimum absolute atomic E-state index is 0. The topological polar surface area (TPSA) is 55.1 Å². The summed E-state index contributed by atoms with van der Waals surface area (Å²) in [7, 11) is 0. The summed E-state index contributed by atoms with van der Waals surface area (Å²) in [5, 5.41) is 2.89. The highest BCUT2D eigenvalue weighted by atomic mass is 79.9. The molecule has 3 N–H and O–H groups in total. The van der Waals surface area contributed by atoms with Crippen LogP contribution in [0.1, 0.15) is 24.1 Å². The molecule has 0 saturated heterocycles. The number of nitrogens with two attached hydrogens (primary N) is 1. The van der Waals surface area contributed by atoms with E-state index in [1.807, 2.05) is 37.3 Å². The number of rotatable bonds is 6. The van der Waals surface area contributed by atoms with Crippen molar-refractivity contribution < 1.29 is 9.18 Å². The molecule has 3 nitrogen and oxygen atoms in total. The smallest absolute Gasteiger partial charge is 0.224 e. The highest BCUT2D eigenvalue weighted by molar-refractivity contribution is 9.10. The predicted octanol–water partition coefficient (Wildman–Crippen LogP) is 4.00. The van der Waals surface area contributed by atoms with Gasteiger partial charge in [0.15, 0.2) is 0 Å². The summed E-state index contributed by atoms with van der Waals surface area (Å²) in [6, 6.07) is 14.1. The molecule has 0 radical (unpaired) electrons. The van der Waals surface area contributed by atoms with E-state index in [1.165, 1.54) is 6.07 Å². The van der Waals surface area contributed by atoms with Crippen molar-refractivity contribution in [3.8, 4) is 0 Å². The maximum Gasteiger partial charge on any atom is 0.224 e. The van der Waals surface area contributed by atoms with Crippen molar-refractivity contribution in [2.24, 2.45) is 11.7 Å². The van der Waals surface area contributed by atoms with Gasteiger partial charge in [-0.05, 0) is 45.6 Å². The van der Waals surface area contributed by atoms with Crippen molar-refractivity contribution in [1.29, 1.82) is 0 Å². The van der Waals surface area contributed by atoms with E-state index < -0.39 is 0 Å². The van der Waals surface area contributed by atoms with Crippen LogP contribution in [-0.4, -0.2) is 12.5 Å². The van der Waals surface area contributed by atoms with E-state index in [0.29, 0.717) is 17.4 Å². The number of nitrogens with one attached hydrogen (secondary N) is 1. The van der Waals surface area contributed by atoms with Gasteiger partial charge in [0.05, 0.1) is 10.4 Å². The number of amides is 1. The fourth-order valence-corrected chi connectivity index (χ4v) is 2.74. The Labute approximate surface area is 156 Å². The second-order valence-electron chi connectivity index (χ2n) is 5.51. The molecular weight excluding hydrogens is 395 g/mol. The van der Waals surface area contributed by atoms with Crippen molar-refractivity contribution in [2.75, 3.05) is 6.54 Å². The molecule has 2 unspecified atom stereocenters. The average molecular weight is 416 g/mol. The monoisotopic (exact) mass is 414 g/mol. The van der Waals surface area contributed by atoms with E-state index >= 15 is 0 Å². The molecule has 6 heteroatoms. The lowest BCUT2D eigenvalue weighted by Crippen LogP contribution is -2.36. The molecule has 2 rings (SSSR count). The number of carbonyl (C=O) groups is 1. The molecule has 0 aliphatic rings. The molecule has 0 bridgehead atoms. The van der Waals surface area contributed by atoms with E-state index in [-0.39, 0.29) is 36.1 Å². The molecule has 2 atom stereocenters. The van der Waals surface area contributed by atoms with Crippen LogP contribution in [0, 0.1) is 11.7 Å². The third kappa shape index (κ3) is 5.58. The Hall–Kier alpha value is -1.43. The Morgan fingerprint density at radius 1 is 1.25 bits per heavy atom. The first-order valence-electron chi connectivity index (χ1n) is 7.51. The van der Waals surface area contributed by atoms with E-state index in [0.717, 1.165) is 11.1 Å². The largest absolute Gasteiger partial charge is 0.355 e. The number of hydrogen-bond donors (Lipinski definition) is 2. The van der Waals surface area contributed by atoms with E-state index in [2.05, 4.69) is 21.2 Å². The van der Waals surface area contributed by atoms with Crippen molar-refractivity contribution in [2.45, 2.75) is 19.4 Å². The molecule has 0 aliphatic heterocycles. The summed E-state index contributed by atoms with van der Waals surface area (Å²) in [6.07, 6.45) is 0.637. The van der Waals surface area contributed by atoms with Crippen LogP contribution in [0.2, 0.25) is 0 Å². The first kappa shape index (κ1) is 20.6. The van der Waals surface area contributed by atoms with E-state index in [1.54, 1.807) is 12.1 Å². The highest BCUT2D eigenvalue weighted by Gasteiger charge is 2.21. The molecule has 2 aromatic carbocycles. The maximum atomic E-state index is 13.2. The van der Waals surface area contributed by atoms with Crippen molar-refractivity contribution in [3.05, 3.63) is 69.9 Å². The maximum absolute atomic E-state index is 13.2. The lowest BCUT2D eigenvalue weighted by atomic mass is 9.94. The molecular formula is C18H21BrClFN2O. The summed E-state index contributed by atoms with van der Waals surface area (Å²) in [5.41, 5.74) is 8.05. The van der Waals surface area contributed by atoms with Gasteiger partial charge in [-0.15, -0.1) is 12.4 Å². The lowest BCUT2D eigenvalue weighted by Gasteiger charge is -2.19. The first-order valence-corrected chi connectivity index (χ1v) is 8.30. The van der Waals surface area contributed by atoms with E-state index in [9.17, 15) is 9.18 Å². The van der Waals surface area contributed by atoms with Gasteiger partial charge < -0.3 is 11.1 Å². The predicted molar refractivity (Wildman–Crippen MR) is 101 cm³/mol. The van der Waals surface area contributed by atoms with Crippen molar-refractivity contribution >= 4 is 34.2 Å². The van der Waals surface area contributed by atoms with Gasteiger partial charge in [-0.1, -0.05) is 43.3 Å². The van der Waals surface area contributed by atoms with Crippen LogP contribution in [0.4, 0.5) is 4.39 Å². The molecule has 24 heavy (non-hydrogen) atoms. The molecule has 0 heterocycles. The zero-order valence-corrected chi connectivity index (χ0v) is 15.7. The minimum atomic E-state index is -0.337. The normalized spacial score (nSPS) is 12.8. The van der Waals surface area contributed by atoms with Gasteiger partial charge in [-0.3, -0.25) is 4.79 Å². The molecule has 130 valence electrons. The Balaban J connectivity index is 0.00000288. The van der Waals surface area contributed by atoms with Crippen LogP contribution in [0.15, 0.2) is 53.0 Å². The summed E-state index contributed by atoms with van der Waals surface area (Å²) >= 11 is 3.16. The third-order valence-electron chi connectivity index (χ3n) is 3.83. The van der Waals surface area contributed by atoms with Crippen LogP contribution >= 0.6 is 28.3 Å². The van der Waals surface area contributed by atoms with Gasteiger partial charge in [-0.25, -0.2) is 4.39 Å². The van der Waals surface area contributed by atoms with Gasteiger partial charge in [0.25, 0.3) is 0 Å². The summed E-state index contributed by atoms with van der Waals surface area (Å²) in [6.45, 7) is 2.31. The van der Waals surface area contributed by atoms with Crippen LogP contribution in [-0.2, 0) is 11.2 Å². The molecule has 1 amide bonds. The van der Waals surface area contributed by atoms with Crippen LogP contribution < -0.4 is 11.1 Å². The Bertz CT molecular complexity index is 669. The van der Waals surface area contributed by atoms with Crippen molar-refractivity contribution in [3.63, 3.8) is 0 Å². The molecule has 2 aromatic rings. The summed E-state index contributed by atoms with van der Waals surface area (Å²) < 4.78 is 13.6. The number of benzene rings is 2. The number of carbonyl (C=O) groups excluding carboxylic acids is 1. The van der Waals surface area contributed by atoms with Gasteiger partial charge in [-0.2, -0.15) is 0 Å². The van der Waals surface area contributed by atoms with Gasteiger partial charge in [0.1, 0.15) is 5.82 Å². The lowest BCUT2D eigenvalue weighted by molar-refractivity contribution is -0.125. The molecule has 0 saturated carbocycles. The fraction of sp³-hybridized carbons (Fsp3) is 0.278. The van der Waals surface area contributed by atoms with Crippen LogP contribution in [0.3, 0.4) is 0 Å². The second-order valence-corrected chi connectivity index (χ2v) is 6.37. The minimum Gasteiger partial charge on any atom is -0.355 e. The van der Waals surface area contributed by atoms with E-state index in [4.69, 9.17) is 5.73 Å². The standard InChI is InChI=1S/C18H20BrFN2O.ClH/c1-12(17(21)14-5-3-2-4-6-14)18(23)22-10-9-13-7-8-16(20)15(19)11-13;/h2-8,11-12,17H,9-10,21H2,1H3,(H,22,23);1H. The van der Waals surface area contributed by atoms with Crippen molar-refractivity contribution in [1.82, 2.24) is 5.32 Å². The highest BCUT2D eigenvalue weighted by Crippen LogP contribution is 2.19. The quantitative estimate of drug-likeness (QED) is 0.749. The Morgan fingerprint density at radius 3 is 2.54 bits per heavy atom. The molecule has 0 spiro atoms. The first-order chi connectivity index (χ1) is 11.0. The zero-order valence-electron chi connectivity index (χ0n) is 13.3. The Morgan fingerprint density at radius 2 is 1.92 bits per heavy atom. The number of halogens is 3. The zero-order chi connectivity index (χ0) is 16.8. The fourth-order valence-electron chi connectivity index (χ4n) is 2.31. The third-order valence-corrected chi connectivity index (χ3v) is 4.44. The van der Waals surface area contributed by atoms with Gasteiger partial charge in [0.2, 0.25) is 5.91 Å². The molecule has 0 aliphatic carbocycles. The Kier molecular flexibility index (Phi) is 8.39. The summed E-state index contributed by atoms with van der Waals surface area (Å²) in [4.78, 5) is 12.2. The summed E-state index contributed by atoms with van der Waals surface area (Å²) in [5.74, 6) is -0.694. The van der Waals surface area contributed by atoms with Gasteiger partial charge in [0, 0.05) is 12.6 Å². The van der Waals surface area contributed by atoms with Crippen LogP contribution in [0.25, 0.3) is 0 Å². The second kappa shape index (κ2) is 9.77. The SMILES string of the molecule is CC(C(=O)NCCc1ccc(F)c(Br)c1)C(N)c1ccccc1.Cl. The number of hydrogen-bond acceptors (Lipinski definition) is 2. The van der Waals surface area contributed by atoms with Gasteiger partial charge >= 0.3 is 0 Å². The average Bonchev–Trinajstić information content (AvgIpc) is 2.57. The molecule has 0 fully saturated rings.